The highest BCUT2D eigenvalue weighted by atomic mass is 127. The molecule has 0 unspecified atom stereocenters. The van der Waals surface area contributed by atoms with Gasteiger partial charge in [0.05, 0.1) is 16.1 Å². The molecule has 3 aromatic rings. The van der Waals surface area contributed by atoms with Gasteiger partial charge in [0.2, 0.25) is 10.0 Å². The second kappa shape index (κ2) is 9.20. The lowest BCUT2D eigenvalue weighted by Crippen LogP contribution is -2.15. The number of sulfonamides is 1. The molecule has 0 heterocycles. The normalized spacial score (nSPS) is 11.3. The van der Waals surface area contributed by atoms with E-state index in [1.807, 2.05) is 31.2 Å². The van der Waals surface area contributed by atoms with Gasteiger partial charge in [-0.3, -0.25) is 4.79 Å². The van der Waals surface area contributed by atoms with Crippen molar-refractivity contribution in [3.63, 3.8) is 0 Å². The van der Waals surface area contributed by atoms with E-state index in [-0.39, 0.29) is 4.90 Å². The zero-order valence-electron chi connectivity index (χ0n) is 15.9. The van der Waals surface area contributed by atoms with Crippen LogP contribution in [-0.2, 0) is 16.4 Å². The van der Waals surface area contributed by atoms with Crippen LogP contribution >= 0.6 is 45.2 Å². The quantitative estimate of drug-likeness (QED) is 0.347. The molecule has 3 rings (SSSR count). The molecule has 9 heteroatoms. The molecule has 5 N–H and O–H groups in total. The number of hydrogen-bond acceptors (Lipinski definition) is 4. The van der Waals surface area contributed by atoms with Crippen LogP contribution in [-0.4, -0.2) is 14.3 Å². The number of benzene rings is 3. The Kier molecular flexibility index (Phi) is 7.05. The SMILES string of the molecule is Cc1cc(I)ccc1Nc1c(Cc2ccc(S(N)(=O)=O)cc2)cc(I)cc1C(N)=O. The van der Waals surface area contributed by atoms with Gasteiger partial charge in [-0.05, 0) is 118 Å². The van der Waals surface area contributed by atoms with Crippen LogP contribution in [0.5, 0.6) is 0 Å². The first-order valence-corrected chi connectivity index (χ1v) is 12.5. The maximum absolute atomic E-state index is 12.2. The van der Waals surface area contributed by atoms with Crippen LogP contribution in [0.2, 0.25) is 0 Å². The first kappa shape index (κ1) is 23.0. The molecule has 0 saturated carbocycles. The molecular formula is C21H19I2N3O3S. The van der Waals surface area contributed by atoms with Gasteiger partial charge in [-0.1, -0.05) is 12.1 Å². The molecule has 0 aliphatic rings. The molecule has 3 aromatic carbocycles. The number of halogens is 2. The van der Waals surface area contributed by atoms with E-state index in [1.54, 1.807) is 18.2 Å². The van der Waals surface area contributed by atoms with Crippen LogP contribution in [0, 0.1) is 14.1 Å². The zero-order valence-corrected chi connectivity index (χ0v) is 21.1. The highest BCUT2D eigenvalue weighted by molar-refractivity contribution is 14.1. The second-order valence-electron chi connectivity index (χ2n) is 6.80. The van der Waals surface area contributed by atoms with Crippen molar-refractivity contribution >= 4 is 72.5 Å². The summed E-state index contributed by atoms with van der Waals surface area (Å²) in [6, 6.07) is 16.1. The first-order valence-electron chi connectivity index (χ1n) is 8.82. The summed E-state index contributed by atoms with van der Waals surface area (Å²) in [6.45, 7) is 1.99. The average molecular weight is 647 g/mol. The van der Waals surface area contributed by atoms with E-state index in [1.165, 1.54) is 12.1 Å². The molecule has 30 heavy (non-hydrogen) atoms. The van der Waals surface area contributed by atoms with Crippen molar-refractivity contribution in [1.82, 2.24) is 0 Å². The Hall–Kier alpha value is -1.70. The molecule has 0 atom stereocenters. The van der Waals surface area contributed by atoms with E-state index < -0.39 is 15.9 Å². The monoisotopic (exact) mass is 647 g/mol. The molecule has 0 saturated heterocycles. The van der Waals surface area contributed by atoms with Crippen molar-refractivity contribution in [3.05, 3.63) is 84.0 Å². The minimum absolute atomic E-state index is 0.0552. The zero-order chi connectivity index (χ0) is 22.1. The Morgan fingerprint density at radius 2 is 1.67 bits per heavy atom. The van der Waals surface area contributed by atoms with E-state index >= 15 is 0 Å². The number of amides is 1. The number of hydrogen-bond donors (Lipinski definition) is 3. The minimum atomic E-state index is -3.75. The lowest BCUT2D eigenvalue weighted by molar-refractivity contribution is 0.100. The first-order chi connectivity index (χ1) is 14.0. The molecule has 0 radical (unpaired) electrons. The Bertz CT molecular complexity index is 1230. The summed E-state index contributed by atoms with van der Waals surface area (Å²) in [6.07, 6.45) is 0.480. The van der Waals surface area contributed by atoms with Crippen LogP contribution in [0.15, 0.2) is 59.5 Å². The Labute approximate surface area is 202 Å². The third kappa shape index (κ3) is 5.50. The van der Waals surface area contributed by atoms with Gasteiger partial charge in [0, 0.05) is 12.8 Å². The Morgan fingerprint density at radius 3 is 2.23 bits per heavy atom. The molecular weight excluding hydrogens is 628 g/mol. The summed E-state index contributed by atoms with van der Waals surface area (Å²) in [7, 11) is -3.75. The number of aryl methyl sites for hydroxylation is 1. The van der Waals surface area contributed by atoms with E-state index in [2.05, 4.69) is 50.5 Å². The molecule has 0 bridgehead atoms. The van der Waals surface area contributed by atoms with Gasteiger partial charge in [0.1, 0.15) is 0 Å². The van der Waals surface area contributed by atoms with Crippen molar-refractivity contribution < 1.29 is 13.2 Å². The average Bonchev–Trinajstić information content (AvgIpc) is 2.65. The summed E-state index contributed by atoms with van der Waals surface area (Å²) >= 11 is 4.40. The van der Waals surface area contributed by atoms with Crippen molar-refractivity contribution in [2.24, 2.45) is 10.9 Å². The van der Waals surface area contributed by atoms with Crippen LogP contribution in [0.3, 0.4) is 0 Å². The van der Waals surface area contributed by atoms with Crippen molar-refractivity contribution in [2.45, 2.75) is 18.2 Å². The lowest BCUT2D eigenvalue weighted by atomic mass is 9.99. The van der Waals surface area contributed by atoms with Crippen molar-refractivity contribution in [2.75, 3.05) is 5.32 Å². The third-order valence-electron chi connectivity index (χ3n) is 4.54. The number of anilines is 2. The number of nitrogens with one attached hydrogen (secondary N) is 1. The highest BCUT2D eigenvalue weighted by Crippen LogP contribution is 2.31. The second-order valence-corrected chi connectivity index (χ2v) is 10.9. The number of carbonyl (C=O) groups is 1. The number of rotatable bonds is 6. The number of primary amides is 1. The maximum Gasteiger partial charge on any atom is 0.250 e. The molecule has 1 amide bonds. The van der Waals surface area contributed by atoms with Crippen LogP contribution in [0.1, 0.15) is 27.0 Å². The largest absolute Gasteiger partial charge is 0.366 e. The lowest BCUT2D eigenvalue weighted by Gasteiger charge is -2.18. The molecule has 0 aromatic heterocycles. The van der Waals surface area contributed by atoms with E-state index in [0.29, 0.717) is 17.7 Å². The van der Waals surface area contributed by atoms with Gasteiger partial charge in [-0.15, -0.1) is 0 Å². The van der Waals surface area contributed by atoms with Gasteiger partial charge in [-0.25, -0.2) is 13.6 Å². The fraction of sp³-hybridized carbons (Fsp3) is 0.0952. The fourth-order valence-electron chi connectivity index (χ4n) is 3.06. The fourth-order valence-corrected chi connectivity index (χ4v) is 4.91. The molecule has 0 spiro atoms. The summed E-state index contributed by atoms with van der Waals surface area (Å²) in [5.41, 5.74) is 10.4. The van der Waals surface area contributed by atoms with Gasteiger partial charge >= 0.3 is 0 Å². The van der Waals surface area contributed by atoms with Crippen LogP contribution < -0.4 is 16.2 Å². The maximum atomic E-state index is 12.2. The van der Waals surface area contributed by atoms with E-state index in [0.717, 1.165) is 29.5 Å². The van der Waals surface area contributed by atoms with Gasteiger partial charge in [-0.2, -0.15) is 0 Å². The van der Waals surface area contributed by atoms with Gasteiger partial charge in [0.15, 0.2) is 0 Å². The smallest absolute Gasteiger partial charge is 0.250 e. The van der Waals surface area contributed by atoms with Crippen LogP contribution in [0.25, 0.3) is 0 Å². The number of primary sulfonamides is 1. The third-order valence-corrected chi connectivity index (χ3v) is 6.77. The summed E-state index contributed by atoms with van der Waals surface area (Å²) in [4.78, 5) is 12.2. The molecule has 0 fully saturated rings. The van der Waals surface area contributed by atoms with Gasteiger partial charge in [0.25, 0.3) is 5.91 Å². The Balaban J connectivity index is 2.06. The Morgan fingerprint density at radius 1 is 1.00 bits per heavy atom. The summed E-state index contributed by atoms with van der Waals surface area (Å²) in [5, 5.41) is 8.55. The van der Waals surface area contributed by atoms with Crippen LogP contribution in [0.4, 0.5) is 11.4 Å². The minimum Gasteiger partial charge on any atom is -0.366 e. The van der Waals surface area contributed by atoms with E-state index in [9.17, 15) is 13.2 Å². The molecule has 156 valence electrons. The number of carbonyl (C=O) groups excluding carboxylic acids is 1. The predicted molar refractivity (Wildman–Crippen MR) is 135 cm³/mol. The van der Waals surface area contributed by atoms with Crippen molar-refractivity contribution in [3.8, 4) is 0 Å². The number of nitrogens with two attached hydrogens (primary N) is 2. The summed E-state index contributed by atoms with van der Waals surface area (Å²) in [5.74, 6) is -0.523. The standard InChI is InChI=1S/C21H19I2N3O3S/c1-12-8-15(22)4-7-19(12)26-20-14(10-16(23)11-18(20)21(24)27)9-13-2-5-17(6-3-13)30(25,28)29/h2-8,10-11,26H,9H2,1H3,(H2,24,27)(H2,25,28,29). The predicted octanol–water partition coefficient (Wildman–Crippen LogP) is 4.28. The molecule has 6 nitrogen and oxygen atoms in total. The molecule has 0 aliphatic heterocycles. The summed E-state index contributed by atoms with van der Waals surface area (Å²) < 4.78 is 25.0. The van der Waals surface area contributed by atoms with E-state index in [4.69, 9.17) is 10.9 Å². The topological polar surface area (TPSA) is 115 Å². The highest BCUT2D eigenvalue weighted by Gasteiger charge is 2.17. The van der Waals surface area contributed by atoms with Gasteiger partial charge < -0.3 is 11.1 Å². The molecule has 0 aliphatic carbocycles. The van der Waals surface area contributed by atoms with Crippen molar-refractivity contribution in [1.29, 1.82) is 0 Å².